The normalized spacial score (nSPS) is 18.6. The Kier molecular flexibility index (Phi) is 2.60. The minimum Gasteiger partial charge on any atom is -0.396 e. The van der Waals surface area contributed by atoms with Crippen LogP contribution in [0.4, 0.5) is 5.82 Å². The van der Waals surface area contributed by atoms with Crippen molar-refractivity contribution in [2.24, 2.45) is 5.41 Å². The number of aliphatic hydroxyl groups excluding tert-OH is 1. The molecule has 0 radical (unpaired) electrons. The predicted octanol–water partition coefficient (Wildman–Crippen LogP) is -0.103. The lowest BCUT2D eigenvalue weighted by Crippen LogP contribution is -2.50. The first kappa shape index (κ1) is 9.36. The SMILES string of the molecule is OCC1(CNc2cccnn2)COC1. The molecule has 0 unspecified atom stereocenters. The molecule has 76 valence electrons. The fourth-order valence-corrected chi connectivity index (χ4v) is 1.31. The van der Waals surface area contributed by atoms with Gasteiger partial charge in [0, 0.05) is 12.7 Å². The van der Waals surface area contributed by atoms with E-state index in [1.54, 1.807) is 6.20 Å². The van der Waals surface area contributed by atoms with Crippen LogP contribution in [0.25, 0.3) is 0 Å². The average Bonchev–Trinajstić information content (AvgIpc) is 2.19. The van der Waals surface area contributed by atoms with Crippen molar-refractivity contribution in [3.8, 4) is 0 Å². The van der Waals surface area contributed by atoms with Crippen molar-refractivity contribution in [3.05, 3.63) is 18.3 Å². The third-order valence-electron chi connectivity index (χ3n) is 2.37. The number of aromatic nitrogens is 2. The van der Waals surface area contributed by atoms with Gasteiger partial charge in [-0.25, -0.2) is 0 Å². The summed E-state index contributed by atoms with van der Waals surface area (Å²) in [5.74, 6) is 0.729. The molecule has 1 fully saturated rings. The highest BCUT2D eigenvalue weighted by molar-refractivity contribution is 5.32. The predicted molar refractivity (Wildman–Crippen MR) is 50.9 cm³/mol. The minimum absolute atomic E-state index is 0.127. The highest BCUT2D eigenvalue weighted by Crippen LogP contribution is 2.26. The van der Waals surface area contributed by atoms with Crippen molar-refractivity contribution in [1.29, 1.82) is 0 Å². The van der Waals surface area contributed by atoms with Crippen molar-refractivity contribution >= 4 is 5.82 Å². The largest absolute Gasteiger partial charge is 0.396 e. The molecule has 2 N–H and O–H groups in total. The molecule has 5 heteroatoms. The lowest BCUT2D eigenvalue weighted by Gasteiger charge is -2.39. The molecule has 1 aromatic rings. The Morgan fingerprint density at radius 3 is 2.93 bits per heavy atom. The summed E-state index contributed by atoms with van der Waals surface area (Å²) in [5.41, 5.74) is -0.127. The van der Waals surface area contributed by atoms with Crippen molar-refractivity contribution in [3.63, 3.8) is 0 Å². The van der Waals surface area contributed by atoms with E-state index in [0.717, 1.165) is 5.82 Å². The zero-order valence-corrected chi connectivity index (χ0v) is 7.81. The van der Waals surface area contributed by atoms with Crippen LogP contribution >= 0.6 is 0 Å². The Morgan fingerprint density at radius 1 is 1.57 bits per heavy atom. The highest BCUT2D eigenvalue weighted by Gasteiger charge is 2.37. The van der Waals surface area contributed by atoms with E-state index in [1.807, 2.05) is 12.1 Å². The van der Waals surface area contributed by atoms with E-state index in [2.05, 4.69) is 15.5 Å². The second-order valence-electron chi connectivity index (χ2n) is 3.61. The van der Waals surface area contributed by atoms with Crippen LogP contribution < -0.4 is 5.32 Å². The summed E-state index contributed by atoms with van der Waals surface area (Å²) in [6.45, 7) is 2.02. The van der Waals surface area contributed by atoms with Gasteiger partial charge < -0.3 is 15.2 Å². The topological polar surface area (TPSA) is 67.3 Å². The van der Waals surface area contributed by atoms with Gasteiger partial charge in [-0.2, -0.15) is 5.10 Å². The summed E-state index contributed by atoms with van der Waals surface area (Å²) in [6.07, 6.45) is 1.62. The van der Waals surface area contributed by atoms with Gasteiger partial charge in [-0.15, -0.1) is 5.10 Å². The molecular formula is C9H13N3O2. The first-order valence-electron chi connectivity index (χ1n) is 4.55. The molecule has 5 nitrogen and oxygen atoms in total. The van der Waals surface area contributed by atoms with Gasteiger partial charge in [-0.05, 0) is 12.1 Å². The fraction of sp³-hybridized carbons (Fsp3) is 0.556. The van der Waals surface area contributed by atoms with E-state index in [4.69, 9.17) is 9.84 Å². The maximum Gasteiger partial charge on any atom is 0.148 e. The van der Waals surface area contributed by atoms with Gasteiger partial charge >= 0.3 is 0 Å². The van der Waals surface area contributed by atoms with E-state index in [0.29, 0.717) is 19.8 Å². The van der Waals surface area contributed by atoms with Crippen molar-refractivity contribution in [1.82, 2.24) is 10.2 Å². The lowest BCUT2D eigenvalue weighted by molar-refractivity contribution is -0.128. The Bertz CT molecular complexity index is 282. The van der Waals surface area contributed by atoms with E-state index in [-0.39, 0.29) is 12.0 Å². The molecule has 0 atom stereocenters. The molecular weight excluding hydrogens is 182 g/mol. The second kappa shape index (κ2) is 3.89. The molecule has 0 spiro atoms. The van der Waals surface area contributed by atoms with Crippen LogP contribution in [0.5, 0.6) is 0 Å². The lowest BCUT2D eigenvalue weighted by atomic mass is 9.87. The van der Waals surface area contributed by atoms with Crippen LogP contribution in [-0.2, 0) is 4.74 Å². The first-order chi connectivity index (χ1) is 6.85. The molecule has 2 heterocycles. The van der Waals surface area contributed by atoms with Crippen LogP contribution in [0.15, 0.2) is 18.3 Å². The second-order valence-corrected chi connectivity index (χ2v) is 3.61. The van der Waals surface area contributed by atoms with Crippen molar-refractivity contribution in [2.75, 3.05) is 31.7 Å². The van der Waals surface area contributed by atoms with Gasteiger partial charge in [0.2, 0.25) is 0 Å². The maximum absolute atomic E-state index is 9.16. The van der Waals surface area contributed by atoms with E-state index in [1.165, 1.54) is 0 Å². The van der Waals surface area contributed by atoms with Gasteiger partial charge in [0.25, 0.3) is 0 Å². The van der Waals surface area contributed by atoms with Crippen LogP contribution in [0.2, 0.25) is 0 Å². The number of hydrogen-bond donors (Lipinski definition) is 2. The smallest absolute Gasteiger partial charge is 0.148 e. The number of rotatable bonds is 4. The molecule has 1 aliphatic heterocycles. The van der Waals surface area contributed by atoms with Gasteiger partial charge in [0.05, 0.1) is 25.2 Å². The summed E-state index contributed by atoms with van der Waals surface area (Å²) < 4.78 is 5.08. The fourth-order valence-electron chi connectivity index (χ4n) is 1.31. The Balaban J connectivity index is 1.88. The molecule has 14 heavy (non-hydrogen) atoms. The number of hydrogen-bond acceptors (Lipinski definition) is 5. The first-order valence-corrected chi connectivity index (χ1v) is 4.55. The maximum atomic E-state index is 9.16. The van der Waals surface area contributed by atoms with Crippen LogP contribution in [0, 0.1) is 5.41 Å². The van der Waals surface area contributed by atoms with Crippen LogP contribution in [0.3, 0.4) is 0 Å². The number of anilines is 1. The zero-order valence-electron chi connectivity index (χ0n) is 7.81. The van der Waals surface area contributed by atoms with E-state index in [9.17, 15) is 0 Å². The number of aliphatic hydroxyl groups is 1. The number of ether oxygens (including phenoxy) is 1. The number of nitrogens with zero attached hydrogens (tertiary/aromatic N) is 2. The molecule has 0 amide bonds. The molecule has 0 aromatic carbocycles. The molecule has 0 saturated carbocycles. The summed E-state index contributed by atoms with van der Waals surface area (Å²) in [6, 6.07) is 3.66. The van der Waals surface area contributed by atoms with Crippen molar-refractivity contribution < 1.29 is 9.84 Å². The van der Waals surface area contributed by atoms with Gasteiger partial charge in [-0.3, -0.25) is 0 Å². The molecule has 1 aromatic heterocycles. The third-order valence-corrected chi connectivity index (χ3v) is 2.37. The molecule has 2 rings (SSSR count). The molecule has 0 aliphatic carbocycles. The minimum atomic E-state index is -0.127. The molecule has 1 aliphatic rings. The summed E-state index contributed by atoms with van der Waals surface area (Å²) >= 11 is 0. The summed E-state index contributed by atoms with van der Waals surface area (Å²) in [7, 11) is 0. The highest BCUT2D eigenvalue weighted by atomic mass is 16.5. The van der Waals surface area contributed by atoms with E-state index < -0.39 is 0 Å². The van der Waals surface area contributed by atoms with Gasteiger partial charge in [0.15, 0.2) is 0 Å². The van der Waals surface area contributed by atoms with Gasteiger partial charge in [-0.1, -0.05) is 0 Å². The molecule has 1 saturated heterocycles. The number of nitrogens with one attached hydrogen (secondary N) is 1. The zero-order chi connectivity index (χ0) is 9.86. The Morgan fingerprint density at radius 2 is 2.43 bits per heavy atom. The Labute approximate surface area is 82.1 Å². The standard InChI is InChI=1S/C9H13N3O2/c13-5-9(6-14-7-9)4-10-8-2-1-3-11-12-8/h1-3,13H,4-7H2,(H,10,12). The van der Waals surface area contributed by atoms with Crippen LogP contribution in [-0.4, -0.2) is 41.7 Å². The summed E-state index contributed by atoms with van der Waals surface area (Å²) in [4.78, 5) is 0. The van der Waals surface area contributed by atoms with Gasteiger partial charge in [0.1, 0.15) is 5.82 Å². The van der Waals surface area contributed by atoms with Crippen molar-refractivity contribution in [2.45, 2.75) is 0 Å². The summed E-state index contributed by atoms with van der Waals surface area (Å²) in [5, 5.41) is 19.9. The quantitative estimate of drug-likeness (QED) is 0.702. The monoisotopic (exact) mass is 195 g/mol. The van der Waals surface area contributed by atoms with E-state index >= 15 is 0 Å². The van der Waals surface area contributed by atoms with Crippen LogP contribution in [0.1, 0.15) is 0 Å². The average molecular weight is 195 g/mol. The third kappa shape index (κ3) is 1.83. The molecule has 0 bridgehead atoms. The Hall–Kier alpha value is -1.20.